The van der Waals surface area contributed by atoms with E-state index in [2.05, 4.69) is 0 Å². The summed E-state index contributed by atoms with van der Waals surface area (Å²) >= 11 is 0. The number of hydrogen-bond acceptors (Lipinski definition) is 10. The Morgan fingerprint density at radius 2 is 0.639 bits per heavy atom. The van der Waals surface area contributed by atoms with Crippen LogP contribution in [0.5, 0.6) is 0 Å². The zero-order valence-corrected chi connectivity index (χ0v) is 29.6. The molecule has 0 bridgehead atoms. The molecule has 0 aliphatic rings. The van der Waals surface area contributed by atoms with Crippen LogP contribution in [0, 0.1) is 0 Å². The van der Waals surface area contributed by atoms with Crippen molar-refractivity contribution in [1.29, 1.82) is 0 Å². The molecule has 0 aromatic heterocycles. The second kappa shape index (κ2) is 19.5. The van der Waals surface area contributed by atoms with Crippen LogP contribution in [0.3, 0.4) is 0 Å². The second-order valence-electron chi connectivity index (χ2n) is 8.89. The fourth-order valence-electron chi connectivity index (χ4n) is 4.72. The molecule has 14 heteroatoms. The fourth-order valence-corrected chi connectivity index (χ4v) is 10.7. The first-order valence-corrected chi connectivity index (χ1v) is 19.4. The van der Waals surface area contributed by atoms with Crippen molar-refractivity contribution in [3.8, 4) is 0 Å². The van der Waals surface area contributed by atoms with Crippen molar-refractivity contribution in [3.63, 3.8) is 0 Å². The van der Waals surface area contributed by atoms with Crippen molar-refractivity contribution in [1.82, 2.24) is 0 Å². The van der Waals surface area contributed by atoms with Gasteiger partial charge in [-0.05, 0) is 38.5 Å². The second-order valence-corrected chi connectivity index (χ2v) is 18.6. The molecule has 0 spiro atoms. The van der Waals surface area contributed by atoms with Gasteiger partial charge in [-0.1, -0.05) is 19.3 Å². The molecule has 36 heavy (non-hydrogen) atoms. The quantitative estimate of drug-likeness (QED) is 0.117. The molecule has 0 atom stereocenters. The summed E-state index contributed by atoms with van der Waals surface area (Å²) in [6.07, 6.45) is 8.92. The lowest BCUT2D eigenvalue weighted by molar-refractivity contribution is 0.0417. The van der Waals surface area contributed by atoms with Crippen LogP contribution in [0.25, 0.3) is 0 Å². The van der Waals surface area contributed by atoms with E-state index in [1.807, 2.05) is 0 Å². The molecular formula is C22H54O10Si4. The lowest BCUT2D eigenvalue weighted by atomic mass is 9.86. The Morgan fingerprint density at radius 3 is 0.806 bits per heavy atom. The van der Waals surface area contributed by atoms with Gasteiger partial charge in [0, 0.05) is 82.1 Å². The van der Waals surface area contributed by atoms with Gasteiger partial charge in [-0.25, -0.2) is 0 Å². The van der Waals surface area contributed by atoms with Crippen LogP contribution in [0.4, 0.5) is 0 Å². The third-order valence-corrected chi connectivity index (χ3v) is 16.7. The van der Waals surface area contributed by atoms with Crippen molar-refractivity contribution in [2.45, 2.75) is 81.5 Å². The molecule has 0 amide bonds. The smallest absolute Gasteiger partial charge is 0.422 e. The Balaban J connectivity index is 5.15. The molecule has 0 saturated heterocycles. The molecule has 0 fully saturated rings. The molecular weight excluding hydrogens is 537 g/mol. The standard InChI is InChI=1S/C22H54O10Si4/c1-23-34(24-2,25-3)19-13-10-16-22(32-33,17-11-14-20-35(26-4,27-5)28-6)18-12-15-21-36(29-7,30-8)31-9/h10-21H2,1-9,33H3. The lowest BCUT2D eigenvalue weighted by Gasteiger charge is -2.35. The molecule has 0 aromatic rings. The van der Waals surface area contributed by atoms with Crippen molar-refractivity contribution >= 4 is 36.9 Å². The summed E-state index contributed by atoms with van der Waals surface area (Å²) in [7, 11) is 7.98. The zero-order valence-electron chi connectivity index (χ0n) is 24.6. The molecule has 0 heterocycles. The summed E-state index contributed by atoms with van der Waals surface area (Å²) in [6, 6.07) is 2.38. The van der Waals surface area contributed by atoms with E-state index >= 15 is 0 Å². The summed E-state index contributed by atoms with van der Waals surface area (Å²) in [5, 5.41) is 0. The average molecular weight is 591 g/mol. The monoisotopic (exact) mass is 590 g/mol. The minimum atomic E-state index is -2.56. The Hall–Kier alpha value is 0.468. The van der Waals surface area contributed by atoms with E-state index in [1.165, 1.54) is 0 Å². The Morgan fingerprint density at radius 1 is 0.417 bits per heavy atom. The normalized spacial score (nSPS) is 13.6. The van der Waals surface area contributed by atoms with Gasteiger partial charge >= 0.3 is 26.4 Å². The van der Waals surface area contributed by atoms with Crippen LogP contribution in [0.2, 0.25) is 18.1 Å². The van der Waals surface area contributed by atoms with Gasteiger partial charge in [0.25, 0.3) is 0 Å². The van der Waals surface area contributed by atoms with Gasteiger partial charge in [0.1, 0.15) is 10.5 Å². The first-order valence-electron chi connectivity index (χ1n) is 12.7. The Bertz CT molecular complexity index is 441. The first kappa shape index (κ1) is 36.5. The van der Waals surface area contributed by atoms with E-state index in [0.29, 0.717) is 10.5 Å². The van der Waals surface area contributed by atoms with E-state index in [-0.39, 0.29) is 5.60 Å². The Kier molecular flexibility index (Phi) is 19.8. The molecule has 0 aliphatic carbocycles. The molecule has 0 radical (unpaired) electrons. The lowest BCUT2D eigenvalue weighted by Crippen LogP contribution is -2.43. The summed E-state index contributed by atoms with van der Waals surface area (Å²) in [5.74, 6) is 0. The molecule has 0 unspecified atom stereocenters. The number of rotatable bonds is 25. The van der Waals surface area contributed by atoms with Crippen LogP contribution in [0.15, 0.2) is 0 Å². The summed E-state index contributed by atoms with van der Waals surface area (Å²) in [5.41, 5.74) is -0.154. The van der Waals surface area contributed by atoms with Crippen molar-refractivity contribution < 1.29 is 44.3 Å². The van der Waals surface area contributed by atoms with Gasteiger partial charge in [-0.2, -0.15) is 0 Å². The highest BCUT2D eigenvalue weighted by atomic mass is 28.4. The molecule has 0 N–H and O–H groups in total. The molecule has 0 rings (SSSR count). The number of hydrogen-bond donors (Lipinski definition) is 0. The van der Waals surface area contributed by atoms with Gasteiger partial charge in [-0.3, -0.25) is 0 Å². The van der Waals surface area contributed by atoms with E-state index in [4.69, 9.17) is 44.3 Å². The van der Waals surface area contributed by atoms with Crippen LogP contribution in [0.1, 0.15) is 57.8 Å². The van der Waals surface area contributed by atoms with E-state index in [9.17, 15) is 0 Å². The summed E-state index contributed by atoms with van der Waals surface area (Å²) in [6.45, 7) is 0. The van der Waals surface area contributed by atoms with Crippen molar-refractivity contribution in [2.24, 2.45) is 0 Å². The predicted molar refractivity (Wildman–Crippen MR) is 150 cm³/mol. The van der Waals surface area contributed by atoms with E-state index in [0.717, 1.165) is 75.9 Å². The van der Waals surface area contributed by atoms with E-state index in [1.54, 1.807) is 64.0 Å². The highest BCUT2D eigenvalue weighted by Gasteiger charge is 2.40. The Labute approximate surface area is 226 Å². The third kappa shape index (κ3) is 11.7. The SMILES string of the molecule is CO[Si](CCCCC(CCCC[Si](OC)(OC)OC)(CCCC[Si](OC)(OC)OC)O[SiH3])(OC)OC. The molecule has 10 nitrogen and oxygen atoms in total. The maximum atomic E-state index is 6.36. The average Bonchev–Trinajstić information content (AvgIpc) is 2.94. The largest absolute Gasteiger partial charge is 0.500 e. The van der Waals surface area contributed by atoms with Crippen molar-refractivity contribution in [2.75, 3.05) is 64.0 Å². The molecule has 0 aromatic carbocycles. The van der Waals surface area contributed by atoms with Crippen LogP contribution in [-0.2, 0) is 44.3 Å². The third-order valence-electron chi connectivity index (χ3n) is 7.33. The zero-order chi connectivity index (χ0) is 27.6. The van der Waals surface area contributed by atoms with Gasteiger partial charge in [0.2, 0.25) is 0 Å². The van der Waals surface area contributed by atoms with E-state index < -0.39 is 26.4 Å². The molecule has 0 aliphatic heterocycles. The van der Waals surface area contributed by atoms with Gasteiger partial charge < -0.3 is 44.3 Å². The highest BCUT2D eigenvalue weighted by Crippen LogP contribution is 2.33. The van der Waals surface area contributed by atoms with Gasteiger partial charge in [-0.15, -0.1) is 0 Å². The first-order chi connectivity index (χ1) is 17.2. The number of unbranched alkanes of at least 4 members (excludes halogenated alkanes) is 3. The fraction of sp³-hybridized carbons (Fsp3) is 1.00. The highest BCUT2D eigenvalue weighted by molar-refractivity contribution is 6.61. The minimum absolute atomic E-state index is 0.154. The maximum Gasteiger partial charge on any atom is 0.500 e. The predicted octanol–water partition coefficient (Wildman–Crippen LogP) is 3.17. The van der Waals surface area contributed by atoms with Gasteiger partial charge in [0.05, 0.1) is 5.60 Å². The maximum absolute atomic E-state index is 6.36. The molecule has 218 valence electrons. The van der Waals surface area contributed by atoms with Crippen LogP contribution in [-0.4, -0.2) is 106 Å². The molecule has 0 saturated carbocycles. The topological polar surface area (TPSA) is 92.3 Å². The van der Waals surface area contributed by atoms with Crippen molar-refractivity contribution in [3.05, 3.63) is 0 Å². The van der Waals surface area contributed by atoms with Crippen LogP contribution >= 0.6 is 0 Å². The minimum Gasteiger partial charge on any atom is -0.422 e. The summed E-state index contributed by atoms with van der Waals surface area (Å²) in [4.78, 5) is 0. The van der Waals surface area contributed by atoms with Gasteiger partial charge in [0.15, 0.2) is 0 Å². The van der Waals surface area contributed by atoms with Crippen LogP contribution < -0.4 is 0 Å². The summed E-state index contributed by atoms with van der Waals surface area (Å²) < 4.78 is 56.7.